The molecule has 2 aromatic rings. The molecule has 1 saturated heterocycles. The Balaban J connectivity index is 1.32. The van der Waals surface area contributed by atoms with E-state index < -0.39 is 0 Å². The van der Waals surface area contributed by atoms with Crippen molar-refractivity contribution in [2.75, 3.05) is 31.1 Å². The van der Waals surface area contributed by atoms with Gasteiger partial charge in [0.15, 0.2) is 5.96 Å². The van der Waals surface area contributed by atoms with E-state index >= 15 is 0 Å². The maximum absolute atomic E-state index is 4.82. The molecule has 1 atom stereocenters. The van der Waals surface area contributed by atoms with Crippen LogP contribution < -0.4 is 15.5 Å². The molecule has 0 radical (unpaired) electrons. The SMILES string of the molecule is CCNC(=NCCc1nnc2n1CCCCC2)NC1CCN(c2ccccc2)C1. The van der Waals surface area contributed by atoms with Crippen LogP contribution in [0, 0.1) is 0 Å². The van der Waals surface area contributed by atoms with Crippen molar-refractivity contribution >= 4 is 11.6 Å². The number of aliphatic imine (C=N–C) groups is 1. The number of nitrogens with one attached hydrogen (secondary N) is 2. The summed E-state index contributed by atoms with van der Waals surface area (Å²) in [6, 6.07) is 11.1. The highest BCUT2D eigenvalue weighted by Gasteiger charge is 2.23. The lowest BCUT2D eigenvalue weighted by molar-refractivity contribution is 0.603. The molecular formula is C22H33N7. The summed E-state index contributed by atoms with van der Waals surface area (Å²) >= 11 is 0. The van der Waals surface area contributed by atoms with Gasteiger partial charge < -0.3 is 20.1 Å². The van der Waals surface area contributed by atoms with Crippen molar-refractivity contribution in [1.82, 2.24) is 25.4 Å². The van der Waals surface area contributed by atoms with Crippen LogP contribution in [0.4, 0.5) is 5.69 Å². The molecule has 2 N–H and O–H groups in total. The van der Waals surface area contributed by atoms with Crippen molar-refractivity contribution in [2.24, 2.45) is 4.99 Å². The average Bonchev–Trinajstić information content (AvgIpc) is 3.29. The molecule has 1 fully saturated rings. The quantitative estimate of drug-likeness (QED) is 0.581. The van der Waals surface area contributed by atoms with Gasteiger partial charge in [0, 0.05) is 57.3 Å². The normalized spacial score (nSPS) is 19.7. The van der Waals surface area contributed by atoms with Crippen molar-refractivity contribution in [1.29, 1.82) is 0 Å². The minimum absolute atomic E-state index is 0.414. The third-order valence-corrected chi connectivity index (χ3v) is 5.79. The fourth-order valence-electron chi connectivity index (χ4n) is 4.26. The third kappa shape index (κ3) is 5.08. The van der Waals surface area contributed by atoms with Crippen LogP contribution in [0.15, 0.2) is 35.3 Å². The predicted octanol–water partition coefficient (Wildman–Crippen LogP) is 2.38. The summed E-state index contributed by atoms with van der Waals surface area (Å²) < 4.78 is 2.32. The van der Waals surface area contributed by atoms with Gasteiger partial charge in [-0.05, 0) is 38.3 Å². The monoisotopic (exact) mass is 395 g/mol. The zero-order valence-electron chi connectivity index (χ0n) is 17.5. The van der Waals surface area contributed by atoms with Crippen molar-refractivity contribution in [3.8, 4) is 0 Å². The number of hydrogen-bond donors (Lipinski definition) is 2. The van der Waals surface area contributed by atoms with Crippen LogP contribution in [0.25, 0.3) is 0 Å². The fourth-order valence-corrected chi connectivity index (χ4v) is 4.26. The van der Waals surface area contributed by atoms with Crippen LogP contribution in [0.3, 0.4) is 0 Å². The van der Waals surface area contributed by atoms with E-state index in [0.717, 1.165) is 69.6 Å². The Morgan fingerprint density at radius 1 is 1.14 bits per heavy atom. The number of hydrogen-bond acceptors (Lipinski definition) is 4. The first kappa shape index (κ1) is 19.7. The molecule has 29 heavy (non-hydrogen) atoms. The van der Waals surface area contributed by atoms with Gasteiger partial charge >= 0.3 is 0 Å². The molecule has 3 heterocycles. The highest BCUT2D eigenvalue weighted by atomic mass is 15.3. The minimum atomic E-state index is 0.414. The molecule has 2 aliphatic heterocycles. The zero-order chi connectivity index (χ0) is 19.9. The second-order valence-electron chi connectivity index (χ2n) is 7.92. The van der Waals surface area contributed by atoms with E-state index in [-0.39, 0.29) is 0 Å². The maximum Gasteiger partial charge on any atom is 0.191 e. The van der Waals surface area contributed by atoms with Crippen LogP contribution >= 0.6 is 0 Å². The Morgan fingerprint density at radius 2 is 2.03 bits per heavy atom. The number of para-hydroxylation sites is 1. The van der Waals surface area contributed by atoms with E-state index in [1.54, 1.807) is 0 Å². The molecule has 2 aliphatic rings. The molecule has 156 valence electrons. The number of anilines is 1. The summed E-state index contributed by atoms with van der Waals surface area (Å²) in [5.74, 6) is 3.14. The Morgan fingerprint density at radius 3 is 2.90 bits per heavy atom. The number of guanidine groups is 1. The van der Waals surface area contributed by atoms with Gasteiger partial charge in [-0.15, -0.1) is 10.2 Å². The standard InChI is InChI=1S/C22H33N7/c1-2-23-22(25-18-13-16-28(17-18)19-9-5-3-6-10-19)24-14-12-21-27-26-20-11-7-4-8-15-29(20)21/h3,5-6,9-10,18H,2,4,7-8,11-17H2,1H3,(H2,23,24,25). The van der Waals surface area contributed by atoms with Gasteiger partial charge in [0.2, 0.25) is 0 Å². The molecule has 7 nitrogen and oxygen atoms in total. The van der Waals surface area contributed by atoms with E-state index in [2.05, 4.69) is 67.6 Å². The van der Waals surface area contributed by atoms with Crippen molar-refractivity contribution in [3.05, 3.63) is 42.0 Å². The van der Waals surface area contributed by atoms with Crippen LogP contribution in [-0.2, 0) is 19.4 Å². The lowest BCUT2D eigenvalue weighted by Gasteiger charge is -2.20. The first-order chi connectivity index (χ1) is 14.3. The predicted molar refractivity (Wildman–Crippen MR) is 117 cm³/mol. The number of aryl methyl sites for hydroxylation is 1. The lowest BCUT2D eigenvalue weighted by Crippen LogP contribution is -2.44. The van der Waals surface area contributed by atoms with E-state index in [4.69, 9.17) is 4.99 Å². The van der Waals surface area contributed by atoms with Crippen molar-refractivity contribution in [3.63, 3.8) is 0 Å². The first-order valence-electron chi connectivity index (χ1n) is 11.1. The summed E-state index contributed by atoms with van der Waals surface area (Å²) in [5, 5.41) is 15.8. The molecular weight excluding hydrogens is 362 g/mol. The Labute approximate surface area is 173 Å². The third-order valence-electron chi connectivity index (χ3n) is 5.79. The number of aromatic nitrogens is 3. The first-order valence-corrected chi connectivity index (χ1v) is 11.1. The Bertz CT molecular complexity index is 799. The Hall–Kier alpha value is -2.57. The summed E-state index contributed by atoms with van der Waals surface area (Å²) in [7, 11) is 0. The molecule has 1 aromatic carbocycles. The molecule has 7 heteroatoms. The summed E-state index contributed by atoms with van der Waals surface area (Å²) in [6.45, 7) is 6.83. The summed E-state index contributed by atoms with van der Waals surface area (Å²) in [4.78, 5) is 7.25. The highest BCUT2D eigenvalue weighted by molar-refractivity contribution is 5.80. The second kappa shape index (κ2) is 9.76. The van der Waals surface area contributed by atoms with Crippen LogP contribution in [0.1, 0.15) is 44.3 Å². The van der Waals surface area contributed by atoms with Crippen molar-refractivity contribution < 1.29 is 0 Å². The highest BCUT2D eigenvalue weighted by Crippen LogP contribution is 2.19. The number of benzene rings is 1. The van der Waals surface area contributed by atoms with Gasteiger partial charge in [-0.1, -0.05) is 24.6 Å². The van der Waals surface area contributed by atoms with Crippen molar-refractivity contribution in [2.45, 2.75) is 58.0 Å². The number of fused-ring (bicyclic) bond motifs is 1. The fraction of sp³-hybridized carbons (Fsp3) is 0.591. The molecule has 1 aromatic heterocycles. The molecule has 0 spiro atoms. The molecule has 4 rings (SSSR count). The van der Waals surface area contributed by atoms with E-state index in [9.17, 15) is 0 Å². The molecule has 0 amide bonds. The van der Waals surface area contributed by atoms with Gasteiger partial charge in [-0.2, -0.15) is 0 Å². The Kier molecular flexibility index (Phi) is 6.64. The molecule has 0 aliphatic carbocycles. The van der Waals surface area contributed by atoms with Crippen LogP contribution in [0.5, 0.6) is 0 Å². The van der Waals surface area contributed by atoms with E-state index in [1.165, 1.54) is 24.9 Å². The second-order valence-corrected chi connectivity index (χ2v) is 7.92. The van der Waals surface area contributed by atoms with Gasteiger partial charge in [0.1, 0.15) is 11.6 Å². The number of rotatable bonds is 6. The van der Waals surface area contributed by atoms with Gasteiger partial charge in [-0.25, -0.2) is 0 Å². The van der Waals surface area contributed by atoms with Gasteiger partial charge in [0.25, 0.3) is 0 Å². The zero-order valence-corrected chi connectivity index (χ0v) is 17.5. The average molecular weight is 396 g/mol. The summed E-state index contributed by atoms with van der Waals surface area (Å²) in [5.41, 5.74) is 1.30. The van der Waals surface area contributed by atoms with Crippen LogP contribution in [0.2, 0.25) is 0 Å². The van der Waals surface area contributed by atoms with Gasteiger partial charge in [0.05, 0.1) is 0 Å². The van der Waals surface area contributed by atoms with Gasteiger partial charge in [-0.3, -0.25) is 4.99 Å². The smallest absolute Gasteiger partial charge is 0.191 e. The topological polar surface area (TPSA) is 70.4 Å². The lowest BCUT2D eigenvalue weighted by atomic mass is 10.2. The largest absolute Gasteiger partial charge is 0.369 e. The van der Waals surface area contributed by atoms with E-state index in [0.29, 0.717) is 6.04 Å². The molecule has 0 bridgehead atoms. The summed E-state index contributed by atoms with van der Waals surface area (Å²) in [6.07, 6.45) is 6.76. The number of nitrogens with zero attached hydrogens (tertiary/aromatic N) is 5. The molecule has 1 unspecified atom stereocenters. The maximum atomic E-state index is 4.82. The van der Waals surface area contributed by atoms with Crippen LogP contribution in [-0.4, -0.2) is 52.9 Å². The molecule has 0 saturated carbocycles. The van der Waals surface area contributed by atoms with E-state index in [1.807, 2.05) is 0 Å². The minimum Gasteiger partial charge on any atom is -0.369 e.